The first kappa shape index (κ1) is 11.9. The molecule has 0 aliphatic carbocycles. The fourth-order valence-electron chi connectivity index (χ4n) is 1.55. The lowest BCUT2D eigenvalue weighted by atomic mass is 9.95. The van der Waals surface area contributed by atoms with Crippen molar-refractivity contribution in [2.45, 2.75) is 20.8 Å². The Bertz CT molecular complexity index is 517. The molecule has 2 N–H and O–H groups in total. The van der Waals surface area contributed by atoms with E-state index in [-0.39, 0.29) is 12.0 Å². The minimum atomic E-state index is -0.130. The van der Waals surface area contributed by atoms with E-state index in [9.17, 15) is 5.11 Å². The molecule has 4 nitrogen and oxygen atoms in total. The first-order chi connectivity index (χ1) is 8.00. The van der Waals surface area contributed by atoms with Gasteiger partial charge in [0.05, 0.1) is 0 Å². The Labute approximate surface area is 101 Å². The zero-order valence-electron chi connectivity index (χ0n) is 10.4. The molecule has 0 saturated carbocycles. The Balaban J connectivity index is 2.14. The molecule has 2 aromatic rings. The van der Waals surface area contributed by atoms with E-state index in [1.807, 2.05) is 39.0 Å². The lowest BCUT2D eigenvalue weighted by Gasteiger charge is -2.22. The number of hydrogen-bond acceptors (Lipinski definition) is 4. The number of aliphatic hydroxyl groups excluding tert-OH is 1. The Morgan fingerprint density at radius 1 is 1.41 bits per heavy atom. The number of anilines is 1. The van der Waals surface area contributed by atoms with Gasteiger partial charge in [0, 0.05) is 31.2 Å². The first-order valence-corrected chi connectivity index (χ1v) is 5.72. The second-order valence-electron chi connectivity index (χ2n) is 5.09. The lowest BCUT2D eigenvalue weighted by Crippen LogP contribution is -2.26. The average molecular weight is 234 g/mol. The SMILES string of the molecule is Cc1nc2cc(NCC(C)(C)CO)ccc2o1. The molecule has 0 unspecified atom stereocenters. The van der Waals surface area contributed by atoms with Crippen molar-refractivity contribution in [1.82, 2.24) is 4.98 Å². The van der Waals surface area contributed by atoms with Crippen LogP contribution in [-0.4, -0.2) is 23.2 Å². The van der Waals surface area contributed by atoms with Gasteiger partial charge in [-0.3, -0.25) is 0 Å². The highest BCUT2D eigenvalue weighted by Gasteiger charge is 2.15. The van der Waals surface area contributed by atoms with Gasteiger partial charge < -0.3 is 14.8 Å². The molecule has 4 heteroatoms. The number of fused-ring (bicyclic) bond motifs is 1. The van der Waals surface area contributed by atoms with Crippen LogP contribution in [0.2, 0.25) is 0 Å². The largest absolute Gasteiger partial charge is 0.441 e. The summed E-state index contributed by atoms with van der Waals surface area (Å²) in [5, 5.41) is 12.5. The fourth-order valence-corrected chi connectivity index (χ4v) is 1.55. The quantitative estimate of drug-likeness (QED) is 0.853. The van der Waals surface area contributed by atoms with Gasteiger partial charge in [-0.15, -0.1) is 0 Å². The maximum atomic E-state index is 9.18. The van der Waals surface area contributed by atoms with E-state index in [0.29, 0.717) is 12.4 Å². The van der Waals surface area contributed by atoms with Crippen molar-refractivity contribution in [3.63, 3.8) is 0 Å². The third kappa shape index (κ3) is 2.77. The number of oxazole rings is 1. The third-order valence-electron chi connectivity index (χ3n) is 2.69. The molecule has 0 fully saturated rings. The maximum absolute atomic E-state index is 9.18. The molecule has 17 heavy (non-hydrogen) atoms. The second-order valence-corrected chi connectivity index (χ2v) is 5.09. The number of nitrogens with one attached hydrogen (secondary N) is 1. The molecule has 2 rings (SSSR count). The van der Waals surface area contributed by atoms with Crippen molar-refractivity contribution < 1.29 is 9.52 Å². The van der Waals surface area contributed by atoms with E-state index in [2.05, 4.69) is 10.3 Å². The summed E-state index contributed by atoms with van der Waals surface area (Å²) < 4.78 is 5.41. The summed E-state index contributed by atoms with van der Waals surface area (Å²) in [5.74, 6) is 0.674. The number of benzene rings is 1. The van der Waals surface area contributed by atoms with Gasteiger partial charge in [-0.1, -0.05) is 13.8 Å². The van der Waals surface area contributed by atoms with Gasteiger partial charge in [0.15, 0.2) is 11.5 Å². The molecular weight excluding hydrogens is 216 g/mol. The predicted molar refractivity (Wildman–Crippen MR) is 68.1 cm³/mol. The van der Waals surface area contributed by atoms with Crippen LogP contribution in [-0.2, 0) is 0 Å². The van der Waals surface area contributed by atoms with Crippen LogP contribution >= 0.6 is 0 Å². The second kappa shape index (κ2) is 4.37. The molecule has 1 aromatic carbocycles. The number of aryl methyl sites for hydroxylation is 1. The first-order valence-electron chi connectivity index (χ1n) is 5.72. The highest BCUT2D eigenvalue weighted by molar-refractivity contribution is 5.77. The molecule has 1 heterocycles. The zero-order chi connectivity index (χ0) is 12.5. The van der Waals surface area contributed by atoms with Gasteiger partial charge >= 0.3 is 0 Å². The van der Waals surface area contributed by atoms with Crippen molar-refractivity contribution in [3.05, 3.63) is 24.1 Å². The molecule has 0 atom stereocenters. The zero-order valence-corrected chi connectivity index (χ0v) is 10.4. The van der Waals surface area contributed by atoms with Gasteiger partial charge in [0.2, 0.25) is 0 Å². The molecule has 92 valence electrons. The predicted octanol–water partition coefficient (Wildman–Crippen LogP) is 2.57. The summed E-state index contributed by atoms with van der Waals surface area (Å²) in [4.78, 5) is 4.28. The Kier molecular flexibility index (Phi) is 3.07. The molecule has 0 amide bonds. The minimum absolute atomic E-state index is 0.130. The van der Waals surface area contributed by atoms with Crippen LogP contribution < -0.4 is 5.32 Å². The summed E-state index contributed by atoms with van der Waals surface area (Å²) in [5.41, 5.74) is 2.52. The normalized spacial score (nSPS) is 12.0. The number of aliphatic hydroxyl groups is 1. The Morgan fingerprint density at radius 3 is 2.88 bits per heavy atom. The molecule has 1 aromatic heterocycles. The van der Waals surface area contributed by atoms with E-state index < -0.39 is 0 Å². The van der Waals surface area contributed by atoms with Crippen LogP contribution in [0.3, 0.4) is 0 Å². The van der Waals surface area contributed by atoms with Crippen molar-refractivity contribution in [2.75, 3.05) is 18.5 Å². The average Bonchev–Trinajstić information content (AvgIpc) is 2.66. The summed E-state index contributed by atoms with van der Waals surface area (Å²) in [6.45, 7) is 6.73. The van der Waals surface area contributed by atoms with Crippen molar-refractivity contribution >= 4 is 16.8 Å². The van der Waals surface area contributed by atoms with E-state index in [1.165, 1.54) is 0 Å². The molecule has 0 spiro atoms. The van der Waals surface area contributed by atoms with E-state index in [1.54, 1.807) is 0 Å². The minimum Gasteiger partial charge on any atom is -0.441 e. The van der Waals surface area contributed by atoms with Gasteiger partial charge in [-0.05, 0) is 18.2 Å². The van der Waals surface area contributed by atoms with Crippen LogP contribution in [0.15, 0.2) is 22.6 Å². The van der Waals surface area contributed by atoms with E-state index in [0.717, 1.165) is 16.8 Å². The molecule has 0 aliphatic heterocycles. The van der Waals surface area contributed by atoms with E-state index >= 15 is 0 Å². The molecule has 0 bridgehead atoms. The number of nitrogens with zero attached hydrogens (tertiary/aromatic N) is 1. The highest BCUT2D eigenvalue weighted by atomic mass is 16.3. The summed E-state index contributed by atoms with van der Waals surface area (Å²) in [6, 6.07) is 5.82. The smallest absolute Gasteiger partial charge is 0.192 e. The Hall–Kier alpha value is -1.55. The van der Waals surface area contributed by atoms with Crippen LogP contribution in [0.25, 0.3) is 11.1 Å². The van der Waals surface area contributed by atoms with Gasteiger partial charge in [0.1, 0.15) is 5.52 Å². The molecule has 0 radical (unpaired) electrons. The van der Waals surface area contributed by atoms with E-state index in [4.69, 9.17) is 4.42 Å². The molecule has 0 aliphatic rings. The van der Waals surface area contributed by atoms with Crippen LogP contribution in [0.5, 0.6) is 0 Å². The maximum Gasteiger partial charge on any atom is 0.192 e. The van der Waals surface area contributed by atoms with Gasteiger partial charge in [0.25, 0.3) is 0 Å². The van der Waals surface area contributed by atoms with Crippen molar-refractivity contribution in [1.29, 1.82) is 0 Å². The fraction of sp³-hybridized carbons (Fsp3) is 0.462. The monoisotopic (exact) mass is 234 g/mol. The topological polar surface area (TPSA) is 58.3 Å². The number of aromatic nitrogens is 1. The van der Waals surface area contributed by atoms with Crippen molar-refractivity contribution in [2.24, 2.45) is 5.41 Å². The number of hydrogen-bond donors (Lipinski definition) is 2. The standard InChI is InChI=1S/C13H18N2O2/c1-9-15-11-6-10(4-5-12(11)17-9)14-7-13(2,3)8-16/h4-6,14,16H,7-8H2,1-3H3. The number of rotatable bonds is 4. The lowest BCUT2D eigenvalue weighted by molar-refractivity contribution is 0.171. The summed E-state index contributed by atoms with van der Waals surface area (Å²) in [6.07, 6.45) is 0. The van der Waals surface area contributed by atoms with Crippen molar-refractivity contribution in [3.8, 4) is 0 Å². The summed E-state index contributed by atoms with van der Waals surface area (Å²) in [7, 11) is 0. The highest BCUT2D eigenvalue weighted by Crippen LogP contribution is 2.21. The van der Waals surface area contributed by atoms with Crippen LogP contribution in [0.1, 0.15) is 19.7 Å². The Morgan fingerprint density at radius 2 is 2.18 bits per heavy atom. The molecular formula is C13H18N2O2. The summed E-state index contributed by atoms with van der Waals surface area (Å²) >= 11 is 0. The van der Waals surface area contributed by atoms with Gasteiger partial charge in [-0.2, -0.15) is 0 Å². The molecule has 0 saturated heterocycles. The van der Waals surface area contributed by atoms with Crippen LogP contribution in [0, 0.1) is 12.3 Å². The van der Waals surface area contributed by atoms with Gasteiger partial charge in [-0.25, -0.2) is 4.98 Å². The van der Waals surface area contributed by atoms with Crippen LogP contribution in [0.4, 0.5) is 5.69 Å². The third-order valence-corrected chi connectivity index (χ3v) is 2.69.